The minimum atomic E-state index is 0.337. The number of nitrogens with zero attached hydrogens (tertiary/aromatic N) is 1. The molecule has 2 fully saturated rings. The molecule has 0 aromatic carbocycles. The van der Waals surface area contributed by atoms with Gasteiger partial charge < -0.3 is 5.73 Å². The topological polar surface area (TPSA) is 29.3 Å². The van der Waals surface area contributed by atoms with Crippen LogP contribution in [0.1, 0.15) is 65.7 Å². The first-order chi connectivity index (χ1) is 8.51. The van der Waals surface area contributed by atoms with Crippen molar-refractivity contribution in [2.45, 2.75) is 71.3 Å². The van der Waals surface area contributed by atoms with Gasteiger partial charge in [0.15, 0.2) is 0 Å². The summed E-state index contributed by atoms with van der Waals surface area (Å²) in [6, 6.07) is 0. The maximum absolute atomic E-state index is 6.20. The molecule has 2 aliphatic rings. The number of rotatable bonds is 3. The van der Waals surface area contributed by atoms with Gasteiger partial charge in [-0.15, -0.1) is 0 Å². The zero-order chi connectivity index (χ0) is 13.2. The second-order valence-corrected chi connectivity index (χ2v) is 7.47. The summed E-state index contributed by atoms with van der Waals surface area (Å²) in [5.41, 5.74) is 7.03. The molecule has 0 atom stereocenters. The van der Waals surface area contributed by atoms with Gasteiger partial charge in [-0.1, -0.05) is 27.2 Å². The van der Waals surface area contributed by atoms with E-state index in [1.165, 1.54) is 58.0 Å². The minimum absolute atomic E-state index is 0.337. The molecule has 106 valence electrons. The van der Waals surface area contributed by atoms with E-state index in [1.807, 2.05) is 0 Å². The Hall–Kier alpha value is -0.0800. The maximum Gasteiger partial charge on any atom is 0.0332 e. The first kappa shape index (κ1) is 14.3. The SMILES string of the molecule is CCC1CCC(CN)(N2CCCC(C)(C)C2)CC1. The molecular weight excluding hydrogens is 220 g/mol. The molecule has 1 saturated heterocycles. The summed E-state index contributed by atoms with van der Waals surface area (Å²) in [5, 5.41) is 0. The Morgan fingerprint density at radius 1 is 1.17 bits per heavy atom. The summed E-state index contributed by atoms with van der Waals surface area (Å²) < 4.78 is 0. The van der Waals surface area contributed by atoms with Gasteiger partial charge in [0.25, 0.3) is 0 Å². The van der Waals surface area contributed by atoms with E-state index in [1.54, 1.807) is 0 Å². The smallest absolute Gasteiger partial charge is 0.0332 e. The maximum atomic E-state index is 6.20. The number of hydrogen-bond acceptors (Lipinski definition) is 2. The van der Waals surface area contributed by atoms with Crippen LogP contribution in [0.15, 0.2) is 0 Å². The molecule has 0 amide bonds. The number of likely N-dealkylation sites (tertiary alicyclic amines) is 1. The van der Waals surface area contributed by atoms with E-state index in [-0.39, 0.29) is 0 Å². The summed E-state index contributed by atoms with van der Waals surface area (Å²) in [6.45, 7) is 10.6. The predicted octanol–water partition coefficient (Wildman–Crippen LogP) is 3.41. The molecule has 0 bridgehead atoms. The van der Waals surface area contributed by atoms with Crippen molar-refractivity contribution < 1.29 is 0 Å². The van der Waals surface area contributed by atoms with Crippen LogP contribution in [0.5, 0.6) is 0 Å². The molecule has 2 heteroatoms. The fourth-order valence-corrected chi connectivity index (χ4v) is 4.10. The first-order valence-corrected chi connectivity index (χ1v) is 7.96. The van der Waals surface area contributed by atoms with Crippen LogP contribution in [0.4, 0.5) is 0 Å². The molecule has 2 rings (SSSR count). The second-order valence-electron chi connectivity index (χ2n) is 7.47. The van der Waals surface area contributed by atoms with Crippen LogP contribution >= 0.6 is 0 Å². The molecular formula is C16H32N2. The van der Waals surface area contributed by atoms with Crippen LogP contribution in [0.3, 0.4) is 0 Å². The average Bonchev–Trinajstić information content (AvgIpc) is 2.37. The van der Waals surface area contributed by atoms with Gasteiger partial charge >= 0.3 is 0 Å². The van der Waals surface area contributed by atoms with Crippen LogP contribution in [-0.2, 0) is 0 Å². The quantitative estimate of drug-likeness (QED) is 0.834. The second kappa shape index (κ2) is 5.50. The van der Waals surface area contributed by atoms with Crippen molar-refractivity contribution in [3.05, 3.63) is 0 Å². The minimum Gasteiger partial charge on any atom is -0.329 e. The van der Waals surface area contributed by atoms with Crippen molar-refractivity contribution in [3.63, 3.8) is 0 Å². The lowest BCUT2D eigenvalue weighted by molar-refractivity contribution is -0.0119. The summed E-state index contributed by atoms with van der Waals surface area (Å²) >= 11 is 0. The largest absolute Gasteiger partial charge is 0.329 e. The van der Waals surface area contributed by atoms with Crippen molar-refractivity contribution in [1.82, 2.24) is 4.90 Å². The highest BCUT2D eigenvalue weighted by atomic mass is 15.2. The molecule has 1 saturated carbocycles. The lowest BCUT2D eigenvalue weighted by Crippen LogP contribution is -2.59. The van der Waals surface area contributed by atoms with Gasteiger partial charge in [0.1, 0.15) is 0 Å². The predicted molar refractivity (Wildman–Crippen MR) is 78.6 cm³/mol. The normalized spacial score (nSPS) is 37.7. The number of nitrogens with two attached hydrogens (primary N) is 1. The molecule has 2 N–H and O–H groups in total. The van der Waals surface area contributed by atoms with E-state index in [0.717, 1.165) is 12.5 Å². The van der Waals surface area contributed by atoms with E-state index in [9.17, 15) is 0 Å². The van der Waals surface area contributed by atoms with Gasteiger partial charge in [-0.3, -0.25) is 4.90 Å². The fraction of sp³-hybridized carbons (Fsp3) is 1.00. The molecule has 0 radical (unpaired) electrons. The van der Waals surface area contributed by atoms with Crippen molar-refractivity contribution in [3.8, 4) is 0 Å². The highest BCUT2D eigenvalue weighted by Gasteiger charge is 2.42. The van der Waals surface area contributed by atoms with Gasteiger partial charge in [0.2, 0.25) is 0 Å². The van der Waals surface area contributed by atoms with Crippen molar-refractivity contribution >= 4 is 0 Å². The third-order valence-corrected chi connectivity index (χ3v) is 5.56. The average molecular weight is 252 g/mol. The van der Waals surface area contributed by atoms with E-state index < -0.39 is 0 Å². The third kappa shape index (κ3) is 2.91. The number of piperidine rings is 1. The molecule has 1 aliphatic heterocycles. The first-order valence-electron chi connectivity index (χ1n) is 7.96. The van der Waals surface area contributed by atoms with Crippen LogP contribution in [0, 0.1) is 11.3 Å². The van der Waals surface area contributed by atoms with E-state index in [0.29, 0.717) is 11.0 Å². The van der Waals surface area contributed by atoms with Crippen LogP contribution in [0.25, 0.3) is 0 Å². The summed E-state index contributed by atoms with van der Waals surface area (Å²) in [5.74, 6) is 0.961. The van der Waals surface area contributed by atoms with Crippen LogP contribution < -0.4 is 5.73 Å². The third-order valence-electron chi connectivity index (χ3n) is 5.56. The molecule has 1 aliphatic carbocycles. The van der Waals surface area contributed by atoms with Gasteiger partial charge in [-0.2, -0.15) is 0 Å². The zero-order valence-electron chi connectivity index (χ0n) is 12.7. The Morgan fingerprint density at radius 3 is 2.33 bits per heavy atom. The Morgan fingerprint density at radius 2 is 1.83 bits per heavy atom. The lowest BCUT2D eigenvalue weighted by atomic mass is 9.72. The summed E-state index contributed by atoms with van der Waals surface area (Å²) in [6.07, 6.45) is 9.53. The molecule has 18 heavy (non-hydrogen) atoms. The summed E-state index contributed by atoms with van der Waals surface area (Å²) in [7, 11) is 0. The van der Waals surface area contributed by atoms with Gasteiger partial charge in [-0.05, 0) is 56.4 Å². The monoisotopic (exact) mass is 252 g/mol. The van der Waals surface area contributed by atoms with Crippen molar-refractivity contribution in [2.24, 2.45) is 17.1 Å². The fourth-order valence-electron chi connectivity index (χ4n) is 4.10. The number of hydrogen-bond donors (Lipinski definition) is 1. The van der Waals surface area contributed by atoms with Crippen molar-refractivity contribution in [1.29, 1.82) is 0 Å². The molecule has 1 heterocycles. The Bertz CT molecular complexity index is 264. The highest BCUT2D eigenvalue weighted by Crippen LogP contribution is 2.41. The van der Waals surface area contributed by atoms with Gasteiger partial charge in [-0.25, -0.2) is 0 Å². The standard InChI is InChI=1S/C16H32N2/c1-4-14-6-9-16(12-17,10-7-14)18-11-5-8-15(2,3)13-18/h14H,4-13,17H2,1-3H3. The van der Waals surface area contributed by atoms with Gasteiger partial charge in [0.05, 0.1) is 0 Å². The van der Waals surface area contributed by atoms with Crippen LogP contribution in [0.2, 0.25) is 0 Å². The molecule has 2 nitrogen and oxygen atoms in total. The Kier molecular flexibility index (Phi) is 4.38. The summed E-state index contributed by atoms with van der Waals surface area (Å²) in [4.78, 5) is 2.75. The van der Waals surface area contributed by atoms with Gasteiger partial charge in [0, 0.05) is 18.6 Å². The van der Waals surface area contributed by atoms with Crippen LogP contribution in [-0.4, -0.2) is 30.1 Å². The molecule has 0 unspecified atom stereocenters. The van der Waals surface area contributed by atoms with E-state index in [4.69, 9.17) is 5.73 Å². The Labute approximate surface area is 113 Å². The Balaban J connectivity index is 2.04. The van der Waals surface area contributed by atoms with Crippen molar-refractivity contribution in [2.75, 3.05) is 19.6 Å². The lowest BCUT2D eigenvalue weighted by Gasteiger charge is -2.52. The molecule has 0 spiro atoms. The molecule has 0 aromatic heterocycles. The molecule has 0 aromatic rings. The zero-order valence-corrected chi connectivity index (χ0v) is 12.7. The van der Waals surface area contributed by atoms with E-state index >= 15 is 0 Å². The van der Waals surface area contributed by atoms with E-state index in [2.05, 4.69) is 25.7 Å². The highest BCUT2D eigenvalue weighted by molar-refractivity contribution is 4.98.